The Labute approximate surface area is 158 Å². The van der Waals surface area contributed by atoms with Gasteiger partial charge in [0.05, 0.1) is 12.0 Å². The van der Waals surface area contributed by atoms with E-state index in [1.807, 2.05) is 18.2 Å². The van der Waals surface area contributed by atoms with Crippen molar-refractivity contribution < 1.29 is 19.8 Å². The third-order valence-corrected chi connectivity index (χ3v) is 6.32. The van der Waals surface area contributed by atoms with Crippen molar-refractivity contribution in [3.63, 3.8) is 0 Å². The molecule has 142 valence electrons. The number of carbonyl (C=O) groups excluding carboxylic acids is 1. The number of halogens is 1. The number of hydrogen-bond donors (Lipinski definition) is 2. The van der Waals surface area contributed by atoms with Gasteiger partial charge in [0.1, 0.15) is 5.54 Å². The Hall–Kier alpha value is -1.63. The fraction of sp³-hybridized carbons (Fsp3) is 0.579. The first-order chi connectivity index (χ1) is 12.3. The number of likely N-dealkylation sites (tertiary alicyclic amines) is 2. The van der Waals surface area contributed by atoms with Gasteiger partial charge >= 0.3 is 5.97 Å². The molecule has 0 bridgehead atoms. The summed E-state index contributed by atoms with van der Waals surface area (Å²) >= 11 is 6.39. The molecule has 3 rings (SSSR count). The van der Waals surface area contributed by atoms with Crippen LogP contribution >= 0.6 is 11.6 Å². The summed E-state index contributed by atoms with van der Waals surface area (Å²) in [5.41, 5.74) is -0.364. The van der Waals surface area contributed by atoms with Crippen molar-refractivity contribution in [2.24, 2.45) is 5.92 Å². The van der Waals surface area contributed by atoms with Gasteiger partial charge in [0.15, 0.2) is 0 Å². The predicted octanol–water partition coefficient (Wildman–Crippen LogP) is 2.16. The molecule has 1 aromatic carbocycles. The Morgan fingerprint density at radius 2 is 1.85 bits per heavy atom. The Bertz CT molecular complexity index is 705. The number of benzene rings is 1. The van der Waals surface area contributed by atoms with Crippen LogP contribution in [0.3, 0.4) is 0 Å². The number of likely N-dealkylation sites (N-methyl/N-ethyl adjacent to an activating group) is 1. The molecular formula is C19H25ClN2O4. The van der Waals surface area contributed by atoms with E-state index in [1.54, 1.807) is 29.8 Å². The van der Waals surface area contributed by atoms with E-state index >= 15 is 0 Å². The minimum Gasteiger partial charge on any atom is -0.480 e. The second kappa shape index (κ2) is 7.18. The Morgan fingerprint density at radius 3 is 2.42 bits per heavy atom. The molecule has 1 amide bonds. The van der Waals surface area contributed by atoms with Crippen LogP contribution in [0.2, 0.25) is 5.02 Å². The molecule has 0 spiro atoms. The lowest BCUT2D eigenvalue weighted by Gasteiger charge is -2.34. The molecular weight excluding hydrogens is 356 g/mol. The molecule has 7 heteroatoms. The number of carboxylic acid groups (broad SMARTS) is 1. The largest absolute Gasteiger partial charge is 0.480 e. The van der Waals surface area contributed by atoms with Gasteiger partial charge in [-0.25, -0.2) is 0 Å². The fourth-order valence-corrected chi connectivity index (χ4v) is 4.43. The zero-order valence-electron chi connectivity index (χ0n) is 15.1. The Morgan fingerprint density at radius 1 is 1.23 bits per heavy atom. The van der Waals surface area contributed by atoms with Gasteiger partial charge in [-0.1, -0.05) is 29.8 Å². The van der Waals surface area contributed by atoms with E-state index in [2.05, 4.69) is 0 Å². The first kappa shape index (κ1) is 19.1. The SMILES string of the molecule is CN1[C@@H](c2ccccc2Cl)[C@@H](C(=O)N2CCC(O)CC2)C[C@@]1(C)C(=O)O. The van der Waals surface area contributed by atoms with Crippen molar-refractivity contribution in [3.8, 4) is 0 Å². The number of aliphatic hydroxyl groups excluding tert-OH is 1. The number of rotatable bonds is 3. The van der Waals surface area contributed by atoms with Gasteiger partial charge in [-0.3, -0.25) is 14.5 Å². The maximum atomic E-state index is 13.2. The van der Waals surface area contributed by atoms with Gasteiger partial charge in [0.25, 0.3) is 0 Å². The average molecular weight is 381 g/mol. The number of nitrogens with zero attached hydrogens (tertiary/aromatic N) is 2. The van der Waals surface area contributed by atoms with E-state index in [0.29, 0.717) is 31.0 Å². The van der Waals surface area contributed by atoms with Gasteiger partial charge in [-0.2, -0.15) is 0 Å². The van der Waals surface area contributed by atoms with Crippen LogP contribution in [-0.2, 0) is 9.59 Å². The molecule has 26 heavy (non-hydrogen) atoms. The standard InChI is InChI=1S/C19H25ClN2O4/c1-19(18(25)26)11-14(17(24)22-9-7-12(23)8-10-22)16(21(19)2)13-5-3-4-6-15(13)20/h3-6,12,14,16,23H,7-11H2,1-2H3,(H,25,26)/t14-,16-,19-/m0/s1. The lowest BCUT2D eigenvalue weighted by Crippen LogP contribution is -2.46. The minimum atomic E-state index is -1.14. The summed E-state index contributed by atoms with van der Waals surface area (Å²) in [4.78, 5) is 28.7. The predicted molar refractivity (Wildman–Crippen MR) is 97.9 cm³/mol. The summed E-state index contributed by atoms with van der Waals surface area (Å²) in [5.74, 6) is -1.49. The van der Waals surface area contributed by atoms with Gasteiger partial charge in [0.2, 0.25) is 5.91 Å². The first-order valence-corrected chi connectivity index (χ1v) is 9.31. The molecule has 2 heterocycles. The van der Waals surface area contributed by atoms with Crippen LogP contribution in [0.15, 0.2) is 24.3 Å². The van der Waals surface area contributed by atoms with E-state index in [9.17, 15) is 19.8 Å². The monoisotopic (exact) mass is 380 g/mol. The van der Waals surface area contributed by atoms with Crippen molar-refractivity contribution in [2.45, 2.75) is 43.9 Å². The minimum absolute atomic E-state index is 0.0568. The molecule has 0 radical (unpaired) electrons. The highest BCUT2D eigenvalue weighted by Gasteiger charge is 2.55. The quantitative estimate of drug-likeness (QED) is 0.839. The molecule has 0 aromatic heterocycles. The van der Waals surface area contributed by atoms with Crippen LogP contribution in [0.25, 0.3) is 0 Å². The third-order valence-electron chi connectivity index (χ3n) is 5.97. The maximum Gasteiger partial charge on any atom is 0.323 e. The number of hydrogen-bond acceptors (Lipinski definition) is 4. The van der Waals surface area contributed by atoms with Gasteiger partial charge in [0, 0.05) is 24.2 Å². The average Bonchev–Trinajstić information content (AvgIpc) is 2.88. The molecule has 3 atom stereocenters. The highest BCUT2D eigenvalue weighted by Crippen LogP contribution is 2.48. The highest BCUT2D eigenvalue weighted by atomic mass is 35.5. The molecule has 0 aliphatic carbocycles. The molecule has 2 saturated heterocycles. The second-order valence-corrected chi connectivity index (χ2v) is 7.93. The van der Waals surface area contributed by atoms with E-state index in [-0.39, 0.29) is 18.4 Å². The van der Waals surface area contributed by atoms with Crippen LogP contribution in [0.5, 0.6) is 0 Å². The lowest BCUT2D eigenvalue weighted by atomic mass is 9.88. The van der Waals surface area contributed by atoms with Crippen molar-refractivity contribution in [3.05, 3.63) is 34.9 Å². The number of carbonyl (C=O) groups is 2. The first-order valence-electron chi connectivity index (χ1n) is 8.93. The molecule has 2 N–H and O–H groups in total. The van der Waals surface area contributed by atoms with Crippen molar-refractivity contribution in [2.75, 3.05) is 20.1 Å². The van der Waals surface area contributed by atoms with E-state index in [1.165, 1.54) is 0 Å². The van der Waals surface area contributed by atoms with Crippen molar-refractivity contribution in [1.82, 2.24) is 9.80 Å². The summed E-state index contributed by atoms with van der Waals surface area (Å²) in [7, 11) is 1.75. The number of piperidine rings is 1. The smallest absolute Gasteiger partial charge is 0.323 e. The lowest BCUT2D eigenvalue weighted by molar-refractivity contribution is -0.148. The third kappa shape index (κ3) is 3.21. The number of aliphatic carboxylic acids is 1. The summed E-state index contributed by atoms with van der Waals surface area (Å²) in [6, 6.07) is 6.89. The van der Waals surface area contributed by atoms with Crippen LogP contribution in [0.1, 0.15) is 37.8 Å². The van der Waals surface area contributed by atoms with Gasteiger partial charge < -0.3 is 15.1 Å². The fourth-order valence-electron chi connectivity index (χ4n) is 4.18. The molecule has 0 unspecified atom stereocenters. The number of aliphatic hydroxyl groups is 1. The van der Waals surface area contributed by atoms with Crippen LogP contribution in [-0.4, -0.2) is 63.7 Å². The Balaban J connectivity index is 1.96. The molecule has 1 aromatic rings. The molecule has 2 fully saturated rings. The van der Waals surface area contributed by atoms with Crippen LogP contribution in [0.4, 0.5) is 0 Å². The molecule has 0 saturated carbocycles. The second-order valence-electron chi connectivity index (χ2n) is 7.52. The normalized spacial score (nSPS) is 30.5. The van der Waals surface area contributed by atoms with E-state index in [4.69, 9.17) is 11.6 Å². The summed E-state index contributed by atoms with van der Waals surface area (Å²) in [6.45, 7) is 2.66. The van der Waals surface area contributed by atoms with Crippen molar-refractivity contribution in [1.29, 1.82) is 0 Å². The molecule has 2 aliphatic heterocycles. The van der Waals surface area contributed by atoms with Crippen LogP contribution < -0.4 is 0 Å². The summed E-state index contributed by atoms with van der Waals surface area (Å²) in [6.07, 6.45) is 0.976. The molecule has 2 aliphatic rings. The number of amides is 1. The summed E-state index contributed by atoms with van der Waals surface area (Å²) in [5, 5.41) is 20.0. The topological polar surface area (TPSA) is 81.1 Å². The van der Waals surface area contributed by atoms with E-state index < -0.39 is 23.5 Å². The van der Waals surface area contributed by atoms with Crippen LogP contribution in [0, 0.1) is 5.92 Å². The van der Waals surface area contributed by atoms with E-state index in [0.717, 1.165) is 5.56 Å². The summed E-state index contributed by atoms with van der Waals surface area (Å²) < 4.78 is 0. The zero-order valence-corrected chi connectivity index (χ0v) is 15.8. The van der Waals surface area contributed by atoms with Gasteiger partial charge in [-0.05, 0) is 44.9 Å². The zero-order chi connectivity index (χ0) is 19.1. The number of carboxylic acids is 1. The maximum absolute atomic E-state index is 13.2. The van der Waals surface area contributed by atoms with Gasteiger partial charge in [-0.15, -0.1) is 0 Å². The van der Waals surface area contributed by atoms with Crippen molar-refractivity contribution >= 4 is 23.5 Å². The Kier molecular flexibility index (Phi) is 5.28. The highest BCUT2D eigenvalue weighted by molar-refractivity contribution is 6.31. The molecule has 6 nitrogen and oxygen atoms in total.